The number of hydrogen-bond donors (Lipinski definition) is 4. The van der Waals surface area contributed by atoms with Crippen molar-refractivity contribution in [2.75, 3.05) is 5.73 Å². The number of nitrogens with zero attached hydrogens (tertiary/aromatic N) is 3. The zero-order valence-corrected chi connectivity index (χ0v) is 20.6. The zero-order valence-electron chi connectivity index (χ0n) is 19.2. The minimum absolute atomic E-state index is 0.0586. The number of hydrogen-bond acceptors (Lipinski definition) is 8. The Morgan fingerprint density at radius 1 is 1.31 bits per heavy atom. The third kappa shape index (κ3) is 3.73. The Morgan fingerprint density at radius 3 is 2.66 bits per heavy atom. The van der Waals surface area contributed by atoms with Gasteiger partial charge in [-0.15, -0.1) is 0 Å². The first-order chi connectivity index (χ1) is 14.7. The van der Waals surface area contributed by atoms with Gasteiger partial charge < -0.3 is 25.1 Å². The Bertz CT molecular complexity index is 1230. The highest BCUT2D eigenvalue weighted by Gasteiger charge is 2.58. The Labute approximate surface area is 187 Å². The normalized spacial score (nSPS) is 27.3. The van der Waals surface area contributed by atoms with Crippen molar-refractivity contribution in [1.29, 1.82) is 0 Å². The standard InChI is InChI=1S/C21H31N5O5Si/c1-19(2,3)32-31-20(4,5)16-15(27)21(6,29)18(30-16)26-9-11-12(22)7-10-14(11)13(25-26)8-23-24-17(10)28/h7-9,15-16,18,27,29H,22,32H2,1-6H3,(H,24,28). The number of aromatic nitrogens is 4. The number of nitrogens with one attached hydrogen (secondary N) is 1. The third-order valence-corrected chi connectivity index (χ3v) is 7.71. The van der Waals surface area contributed by atoms with Crippen LogP contribution in [0.2, 0.25) is 5.04 Å². The smallest absolute Gasteiger partial charge is 0.272 e. The maximum Gasteiger partial charge on any atom is 0.272 e. The number of aliphatic hydroxyl groups excluding tert-OH is 1. The van der Waals surface area contributed by atoms with Gasteiger partial charge in [0.05, 0.1) is 17.2 Å². The molecule has 174 valence electrons. The summed E-state index contributed by atoms with van der Waals surface area (Å²) in [4.78, 5) is 12.3. The SMILES string of the molecule is CC(C)(C)[SiH2]OC(C)(C)C1OC(n2cc3c(N)cc4c(=O)[nH]ncc(n2)c34)C(C)(O)C1O. The molecular weight excluding hydrogens is 430 g/mol. The quantitative estimate of drug-likeness (QED) is 0.420. The van der Waals surface area contributed by atoms with Gasteiger partial charge in [0.2, 0.25) is 0 Å². The van der Waals surface area contributed by atoms with Gasteiger partial charge in [-0.3, -0.25) is 4.79 Å². The number of aromatic amines is 1. The first-order valence-corrected chi connectivity index (χ1v) is 11.9. The van der Waals surface area contributed by atoms with Gasteiger partial charge in [-0.1, -0.05) is 20.8 Å². The second-order valence-electron chi connectivity index (χ2n) is 10.5. The van der Waals surface area contributed by atoms with Gasteiger partial charge in [-0.05, 0) is 31.9 Å². The lowest BCUT2D eigenvalue weighted by atomic mass is 9.89. The molecule has 4 unspecified atom stereocenters. The number of nitrogens with two attached hydrogens (primary N) is 1. The lowest BCUT2D eigenvalue weighted by molar-refractivity contribution is -0.121. The summed E-state index contributed by atoms with van der Waals surface area (Å²) >= 11 is 0. The predicted molar refractivity (Wildman–Crippen MR) is 124 cm³/mol. The zero-order chi connectivity index (χ0) is 23.6. The molecule has 1 saturated heterocycles. The topological polar surface area (TPSA) is 149 Å². The van der Waals surface area contributed by atoms with Gasteiger partial charge in [-0.2, -0.15) is 10.2 Å². The number of ether oxygens (including phenoxy) is 1. The number of anilines is 1. The summed E-state index contributed by atoms with van der Waals surface area (Å²) in [5.41, 5.74) is 4.11. The molecule has 2 aromatic heterocycles. The Balaban J connectivity index is 1.78. The van der Waals surface area contributed by atoms with Crippen LogP contribution in [0.4, 0.5) is 5.69 Å². The van der Waals surface area contributed by atoms with Crippen molar-refractivity contribution < 1.29 is 19.4 Å². The fraction of sp³-hybridized carbons (Fsp3) is 0.571. The minimum atomic E-state index is -1.66. The number of H-pyrrole nitrogens is 1. The van der Waals surface area contributed by atoms with Crippen LogP contribution in [0.5, 0.6) is 0 Å². The van der Waals surface area contributed by atoms with Crippen LogP contribution in [0.1, 0.15) is 47.8 Å². The van der Waals surface area contributed by atoms with E-state index < -0.39 is 39.4 Å². The lowest BCUT2D eigenvalue weighted by Gasteiger charge is -2.36. The Morgan fingerprint density at radius 2 is 2.00 bits per heavy atom. The molecule has 4 rings (SSSR count). The summed E-state index contributed by atoms with van der Waals surface area (Å²) in [7, 11) is -0.937. The highest BCUT2D eigenvalue weighted by atomic mass is 28.2. The van der Waals surface area contributed by atoms with Crippen LogP contribution >= 0.6 is 0 Å². The molecule has 1 fully saturated rings. The van der Waals surface area contributed by atoms with Crippen molar-refractivity contribution in [2.45, 2.75) is 76.2 Å². The molecule has 10 nitrogen and oxygen atoms in total. The van der Waals surface area contributed by atoms with E-state index >= 15 is 0 Å². The van der Waals surface area contributed by atoms with E-state index in [1.165, 1.54) is 17.8 Å². The molecule has 1 aliphatic heterocycles. The second-order valence-corrected chi connectivity index (χ2v) is 13.2. The summed E-state index contributed by atoms with van der Waals surface area (Å²) in [5.74, 6) is 0. The summed E-state index contributed by atoms with van der Waals surface area (Å²) < 4.78 is 13.9. The summed E-state index contributed by atoms with van der Waals surface area (Å²) in [5, 5.41) is 34.7. The molecular formula is C21H31N5O5Si. The van der Waals surface area contributed by atoms with Crippen LogP contribution in [0.3, 0.4) is 0 Å². The lowest BCUT2D eigenvalue weighted by Crippen LogP contribution is -2.51. The third-order valence-electron chi connectivity index (χ3n) is 5.95. The summed E-state index contributed by atoms with van der Waals surface area (Å²) in [6.45, 7) is 11.6. The van der Waals surface area contributed by atoms with Crippen molar-refractivity contribution in [3.8, 4) is 0 Å². The van der Waals surface area contributed by atoms with Crippen LogP contribution < -0.4 is 11.3 Å². The molecule has 4 atom stereocenters. The van der Waals surface area contributed by atoms with Crippen molar-refractivity contribution >= 4 is 37.1 Å². The van der Waals surface area contributed by atoms with Crippen molar-refractivity contribution in [3.05, 3.63) is 28.8 Å². The van der Waals surface area contributed by atoms with Crippen molar-refractivity contribution in [3.63, 3.8) is 0 Å². The van der Waals surface area contributed by atoms with E-state index in [2.05, 4.69) is 36.1 Å². The molecule has 0 bridgehead atoms. The van der Waals surface area contributed by atoms with E-state index in [-0.39, 0.29) is 10.6 Å². The summed E-state index contributed by atoms with van der Waals surface area (Å²) in [6.07, 6.45) is 0.0268. The average molecular weight is 462 g/mol. The molecule has 32 heavy (non-hydrogen) atoms. The van der Waals surface area contributed by atoms with Gasteiger partial charge in [0.25, 0.3) is 5.56 Å². The molecule has 5 N–H and O–H groups in total. The van der Waals surface area contributed by atoms with Crippen LogP contribution in [-0.2, 0) is 9.16 Å². The van der Waals surface area contributed by atoms with Gasteiger partial charge in [0.15, 0.2) is 16.0 Å². The van der Waals surface area contributed by atoms with Gasteiger partial charge in [0.1, 0.15) is 23.3 Å². The highest BCUT2D eigenvalue weighted by molar-refractivity contribution is 6.31. The van der Waals surface area contributed by atoms with Gasteiger partial charge >= 0.3 is 0 Å². The van der Waals surface area contributed by atoms with Gasteiger partial charge in [-0.25, -0.2) is 9.78 Å². The molecule has 0 saturated carbocycles. The van der Waals surface area contributed by atoms with Gasteiger partial charge in [0, 0.05) is 22.7 Å². The maximum atomic E-state index is 12.3. The molecule has 0 radical (unpaired) electrons. The first kappa shape index (κ1) is 22.9. The molecule has 0 spiro atoms. The molecule has 3 aromatic rings. The van der Waals surface area contributed by atoms with E-state index in [9.17, 15) is 15.0 Å². The van der Waals surface area contributed by atoms with E-state index in [0.717, 1.165) is 0 Å². The van der Waals surface area contributed by atoms with Crippen LogP contribution in [0.25, 0.3) is 21.7 Å². The predicted octanol–water partition coefficient (Wildman–Crippen LogP) is 0.962. The molecule has 0 aliphatic carbocycles. The molecule has 1 aliphatic rings. The average Bonchev–Trinajstić information content (AvgIpc) is 3.08. The fourth-order valence-electron chi connectivity index (χ4n) is 4.11. The largest absolute Gasteiger partial charge is 0.416 e. The molecule has 1 aromatic carbocycles. The van der Waals surface area contributed by atoms with E-state index in [1.807, 2.05) is 13.8 Å². The highest BCUT2D eigenvalue weighted by Crippen LogP contribution is 2.43. The van der Waals surface area contributed by atoms with Crippen LogP contribution in [-0.4, -0.2) is 63.4 Å². The number of rotatable bonds is 4. The van der Waals surface area contributed by atoms with E-state index in [4.69, 9.17) is 14.9 Å². The Kier molecular flexibility index (Phi) is 5.25. The molecule has 11 heteroatoms. The van der Waals surface area contributed by atoms with Crippen molar-refractivity contribution in [1.82, 2.24) is 20.0 Å². The second kappa shape index (κ2) is 7.35. The monoisotopic (exact) mass is 461 g/mol. The van der Waals surface area contributed by atoms with Crippen LogP contribution in [0, 0.1) is 0 Å². The maximum absolute atomic E-state index is 12.3. The van der Waals surface area contributed by atoms with E-state index in [0.29, 0.717) is 27.4 Å². The first-order valence-electron chi connectivity index (χ1n) is 10.6. The number of aliphatic hydroxyl groups is 2. The van der Waals surface area contributed by atoms with Crippen molar-refractivity contribution in [2.24, 2.45) is 0 Å². The van der Waals surface area contributed by atoms with Crippen LogP contribution in [0.15, 0.2) is 23.3 Å². The minimum Gasteiger partial charge on any atom is -0.416 e. The Hall–Kier alpha value is -2.31. The van der Waals surface area contributed by atoms with E-state index in [1.54, 1.807) is 12.3 Å². The molecule has 0 amide bonds. The fourth-order valence-corrected chi connectivity index (χ4v) is 5.08. The molecule has 3 heterocycles. The summed E-state index contributed by atoms with van der Waals surface area (Å²) in [6, 6.07) is 1.57. The number of nitrogen functional groups attached to an aromatic ring is 1.